The highest BCUT2D eigenvalue weighted by Crippen LogP contribution is 2.41. The van der Waals surface area contributed by atoms with Crippen LogP contribution in [0.5, 0.6) is 0 Å². The summed E-state index contributed by atoms with van der Waals surface area (Å²) in [5.74, 6) is 0.863. The van der Waals surface area contributed by atoms with E-state index in [0.29, 0.717) is 0 Å². The number of piperidine rings is 1. The first-order valence-corrected chi connectivity index (χ1v) is 8.19. The SMILES string of the molecule is COCC(=O)N1CCC2OCCCC2(COCC2CC2)C1. The van der Waals surface area contributed by atoms with Crippen LogP contribution in [0.3, 0.4) is 0 Å². The predicted molar refractivity (Wildman–Crippen MR) is 78.0 cm³/mol. The third-order valence-electron chi connectivity index (χ3n) is 5.05. The van der Waals surface area contributed by atoms with Gasteiger partial charge in [0.15, 0.2) is 0 Å². The molecule has 0 radical (unpaired) electrons. The minimum absolute atomic E-state index is 0.00517. The van der Waals surface area contributed by atoms with Gasteiger partial charge in [0.05, 0.1) is 12.7 Å². The highest BCUT2D eigenvalue weighted by Gasteiger charge is 2.47. The molecule has 3 aliphatic rings. The summed E-state index contributed by atoms with van der Waals surface area (Å²) in [6.07, 6.45) is 5.95. The molecule has 1 aliphatic carbocycles. The van der Waals surface area contributed by atoms with E-state index in [1.165, 1.54) is 12.8 Å². The smallest absolute Gasteiger partial charge is 0.248 e. The third kappa shape index (κ3) is 3.58. The molecule has 1 saturated carbocycles. The number of ether oxygens (including phenoxy) is 3. The molecule has 2 atom stereocenters. The topological polar surface area (TPSA) is 48.0 Å². The van der Waals surface area contributed by atoms with Crippen LogP contribution in [0, 0.1) is 11.3 Å². The van der Waals surface area contributed by atoms with E-state index < -0.39 is 0 Å². The second-order valence-corrected chi connectivity index (χ2v) is 6.82. The molecule has 2 saturated heterocycles. The Kier molecular flexibility index (Phi) is 4.82. The lowest BCUT2D eigenvalue weighted by molar-refractivity contribution is -0.167. The van der Waals surface area contributed by atoms with Gasteiger partial charge in [-0.25, -0.2) is 0 Å². The van der Waals surface area contributed by atoms with Gasteiger partial charge in [-0.2, -0.15) is 0 Å². The molecule has 5 heteroatoms. The van der Waals surface area contributed by atoms with Gasteiger partial charge in [0.1, 0.15) is 6.61 Å². The largest absolute Gasteiger partial charge is 0.380 e. The van der Waals surface area contributed by atoms with E-state index in [-0.39, 0.29) is 24.0 Å². The number of carbonyl (C=O) groups is 1. The number of hydrogen-bond donors (Lipinski definition) is 0. The first-order valence-electron chi connectivity index (χ1n) is 8.19. The van der Waals surface area contributed by atoms with Crippen LogP contribution >= 0.6 is 0 Å². The maximum Gasteiger partial charge on any atom is 0.248 e. The Hall–Kier alpha value is -0.650. The van der Waals surface area contributed by atoms with E-state index in [2.05, 4.69) is 0 Å². The molecule has 120 valence electrons. The number of hydrogen-bond acceptors (Lipinski definition) is 4. The minimum atomic E-state index is -0.00517. The molecule has 0 spiro atoms. The molecule has 1 amide bonds. The zero-order valence-electron chi connectivity index (χ0n) is 13.0. The lowest BCUT2D eigenvalue weighted by atomic mass is 9.73. The van der Waals surface area contributed by atoms with Crippen LogP contribution < -0.4 is 0 Å². The second-order valence-electron chi connectivity index (χ2n) is 6.82. The molecule has 21 heavy (non-hydrogen) atoms. The number of nitrogens with zero attached hydrogens (tertiary/aromatic N) is 1. The van der Waals surface area contributed by atoms with E-state index in [0.717, 1.165) is 58.1 Å². The van der Waals surface area contributed by atoms with Gasteiger partial charge in [0.2, 0.25) is 5.91 Å². The van der Waals surface area contributed by atoms with Crippen molar-refractivity contribution in [2.24, 2.45) is 11.3 Å². The number of methoxy groups -OCH3 is 1. The van der Waals surface area contributed by atoms with Crippen LogP contribution in [-0.2, 0) is 19.0 Å². The molecule has 0 aromatic heterocycles. The predicted octanol–water partition coefficient (Wildman–Crippen LogP) is 1.46. The summed E-state index contributed by atoms with van der Waals surface area (Å²) in [4.78, 5) is 14.1. The maximum atomic E-state index is 12.1. The van der Waals surface area contributed by atoms with Gasteiger partial charge in [-0.05, 0) is 38.0 Å². The van der Waals surface area contributed by atoms with Gasteiger partial charge >= 0.3 is 0 Å². The Morgan fingerprint density at radius 1 is 1.38 bits per heavy atom. The summed E-state index contributed by atoms with van der Waals surface area (Å²) < 4.78 is 17.0. The van der Waals surface area contributed by atoms with Crippen molar-refractivity contribution in [1.82, 2.24) is 4.90 Å². The minimum Gasteiger partial charge on any atom is -0.380 e. The van der Waals surface area contributed by atoms with Crippen LogP contribution in [0.4, 0.5) is 0 Å². The van der Waals surface area contributed by atoms with Crippen molar-refractivity contribution < 1.29 is 19.0 Å². The Morgan fingerprint density at radius 3 is 3.00 bits per heavy atom. The summed E-state index contributed by atoms with van der Waals surface area (Å²) in [7, 11) is 1.57. The second kappa shape index (κ2) is 6.63. The van der Waals surface area contributed by atoms with Crippen LogP contribution in [0.25, 0.3) is 0 Å². The summed E-state index contributed by atoms with van der Waals surface area (Å²) in [5, 5.41) is 0. The van der Waals surface area contributed by atoms with Gasteiger partial charge in [-0.1, -0.05) is 0 Å². The van der Waals surface area contributed by atoms with E-state index in [9.17, 15) is 4.79 Å². The van der Waals surface area contributed by atoms with Gasteiger partial charge in [-0.3, -0.25) is 4.79 Å². The molecule has 2 heterocycles. The molecular formula is C16H27NO4. The van der Waals surface area contributed by atoms with Gasteiger partial charge < -0.3 is 19.1 Å². The van der Waals surface area contributed by atoms with Crippen molar-refractivity contribution in [3.63, 3.8) is 0 Å². The van der Waals surface area contributed by atoms with Crippen LogP contribution in [-0.4, -0.2) is 63.5 Å². The zero-order chi connectivity index (χ0) is 14.7. The first kappa shape index (κ1) is 15.3. The average molecular weight is 297 g/mol. The first-order chi connectivity index (χ1) is 10.2. The van der Waals surface area contributed by atoms with Crippen molar-refractivity contribution in [3.05, 3.63) is 0 Å². The molecule has 0 aromatic carbocycles. The average Bonchev–Trinajstić information content (AvgIpc) is 3.31. The Balaban J connectivity index is 1.62. The Labute approximate surface area is 126 Å². The summed E-state index contributed by atoms with van der Waals surface area (Å²) in [5.41, 5.74) is -0.00517. The summed E-state index contributed by atoms with van der Waals surface area (Å²) >= 11 is 0. The molecule has 0 bridgehead atoms. The number of rotatable bonds is 6. The fraction of sp³-hybridized carbons (Fsp3) is 0.938. The molecule has 3 fully saturated rings. The normalized spacial score (nSPS) is 32.8. The Bertz CT molecular complexity index is 371. The molecule has 0 N–H and O–H groups in total. The van der Waals surface area contributed by atoms with Crippen molar-refractivity contribution in [2.45, 2.75) is 38.2 Å². The van der Waals surface area contributed by atoms with Crippen molar-refractivity contribution in [3.8, 4) is 0 Å². The number of likely N-dealkylation sites (tertiary alicyclic amines) is 1. The lowest BCUT2D eigenvalue weighted by Gasteiger charge is -2.50. The van der Waals surface area contributed by atoms with Crippen LogP contribution in [0.1, 0.15) is 32.1 Å². The zero-order valence-corrected chi connectivity index (χ0v) is 13.0. The van der Waals surface area contributed by atoms with Crippen LogP contribution in [0.2, 0.25) is 0 Å². The fourth-order valence-corrected chi connectivity index (χ4v) is 3.64. The molecule has 0 aromatic rings. The number of fused-ring (bicyclic) bond motifs is 1. The van der Waals surface area contributed by atoms with Crippen LogP contribution in [0.15, 0.2) is 0 Å². The van der Waals surface area contributed by atoms with Gasteiger partial charge in [0.25, 0.3) is 0 Å². The summed E-state index contributed by atoms with van der Waals surface area (Å²) in [6.45, 7) is 4.15. The third-order valence-corrected chi connectivity index (χ3v) is 5.05. The quantitative estimate of drug-likeness (QED) is 0.744. The maximum absolute atomic E-state index is 12.1. The van der Waals surface area contributed by atoms with Crippen molar-refractivity contribution in [1.29, 1.82) is 0 Å². The standard InChI is InChI=1S/C16H27NO4/c1-19-10-15(18)17-7-5-14-16(11-17,6-2-8-21-14)12-20-9-13-3-4-13/h13-14H,2-12H2,1H3. The number of carbonyl (C=O) groups excluding carboxylic acids is 1. The highest BCUT2D eigenvalue weighted by molar-refractivity contribution is 5.77. The highest BCUT2D eigenvalue weighted by atomic mass is 16.5. The Morgan fingerprint density at radius 2 is 2.24 bits per heavy atom. The molecule has 3 rings (SSSR count). The van der Waals surface area contributed by atoms with E-state index in [1.807, 2.05) is 4.90 Å². The monoisotopic (exact) mass is 297 g/mol. The summed E-state index contributed by atoms with van der Waals surface area (Å²) in [6, 6.07) is 0. The fourth-order valence-electron chi connectivity index (χ4n) is 3.64. The molecular weight excluding hydrogens is 270 g/mol. The molecule has 2 unspecified atom stereocenters. The number of amides is 1. The lowest BCUT2D eigenvalue weighted by Crippen LogP contribution is -2.58. The van der Waals surface area contributed by atoms with Gasteiger partial charge in [0, 0.05) is 38.8 Å². The van der Waals surface area contributed by atoms with Crippen molar-refractivity contribution >= 4 is 5.91 Å². The van der Waals surface area contributed by atoms with E-state index in [4.69, 9.17) is 14.2 Å². The van der Waals surface area contributed by atoms with E-state index in [1.54, 1.807) is 7.11 Å². The van der Waals surface area contributed by atoms with E-state index >= 15 is 0 Å². The van der Waals surface area contributed by atoms with Crippen molar-refractivity contribution in [2.75, 3.05) is 46.6 Å². The van der Waals surface area contributed by atoms with Gasteiger partial charge in [-0.15, -0.1) is 0 Å². The molecule has 2 aliphatic heterocycles. The molecule has 5 nitrogen and oxygen atoms in total.